The number of carbonyl (C=O) groups excluding carboxylic acids is 2. The van der Waals surface area contributed by atoms with Crippen LogP contribution in [-0.2, 0) is 21.4 Å². The summed E-state index contributed by atoms with van der Waals surface area (Å²) < 4.78 is 32.3. The Hall–Kier alpha value is -3.08. The quantitative estimate of drug-likeness (QED) is 0.581. The highest BCUT2D eigenvalue weighted by atomic mass is 19.3. The molecule has 1 aliphatic rings. The smallest absolute Gasteiger partial charge is 0.329 e. The topological polar surface area (TPSA) is 114 Å². The molecule has 1 aromatic carbocycles. The molecule has 1 fully saturated rings. The number of halogens is 2. The first-order valence-electron chi connectivity index (χ1n) is 10.3. The van der Waals surface area contributed by atoms with E-state index in [-0.39, 0.29) is 31.7 Å². The molecule has 0 radical (unpaired) electrons. The first-order valence-corrected chi connectivity index (χ1v) is 10.3. The molecule has 2 heterocycles. The van der Waals surface area contributed by atoms with E-state index in [0.29, 0.717) is 22.9 Å². The van der Waals surface area contributed by atoms with Gasteiger partial charge in [-0.2, -0.15) is 0 Å². The van der Waals surface area contributed by atoms with Crippen molar-refractivity contribution in [3.05, 3.63) is 34.2 Å². The number of aromatic nitrogens is 2. The molecule has 2 N–H and O–H groups in total. The number of rotatable bonds is 8. The van der Waals surface area contributed by atoms with E-state index in [2.05, 4.69) is 5.32 Å². The number of nitrogens with zero attached hydrogens (tertiary/aromatic N) is 3. The van der Waals surface area contributed by atoms with Gasteiger partial charge in [-0.25, -0.2) is 13.6 Å². The van der Waals surface area contributed by atoms with Crippen LogP contribution >= 0.6 is 0 Å². The lowest BCUT2D eigenvalue weighted by Crippen LogP contribution is -2.48. The highest BCUT2D eigenvalue weighted by molar-refractivity contribution is 5.79. The van der Waals surface area contributed by atoms with Crippen molar-refractivity contribution in [3.63, 3.8) is 0 Å². The minimum Gasteiger partial charge on any atom is -0.480 e. The number of carboxylic acids is 1. The van der Waals surface area contributed by atoms with E-state index in [9.17, 15) is 28.0 Å². The van der Waals surface area contributed by atoms with Crippen LogP contribution in [0, 0.1) is 0 Å². The van der Waals surface area contributed by atoms with Crippen LogP contribution in [0.2, 0.25) is 0 Å². The molecular formula is C21H26F2N4O5. The third kappa shape index (κ3) is 4.57. The van der Waals surface area contributed by atoms with Crippen LogP contribution in [0.4, 0.5) is 8.78 Å². The number of hydrogen-bond acceptors (Lipinski definition) is 5. The average Bonchev–Trinajstić information content (AvgIpc) is 2.97. The zero-order valence-electron chi connectivity index (χ0n) is 17.9. The molecule has 1 saturated heterocycles. The third-order valence-corrected chi connectivity index (χ3v) is 5.99. The number of fused-ring (bicyclic) bond motifs is 1. The highest BCUT2D eigenvalue weighted by Gasteiger charge is 2.45. The Balaban J connectivity index is 1.94. The van der Waals surface area contributed by atoms with Crippen LogP contribution < -0.4 is 11.0 Å². The number of aliphatic carboxylic acids is 1. The van der Waals surface area contributed by atoms with Crippen LogP contribution in [0.1, 0.15) is 36.8 Å². The molecule has 9 nitrogen and oxygen atoms in total. The van der Waals surface area contributed by atoms with E-state index in [0.717, 1.165) is 0 Å². The van der Waals surface area contributed by atoms with Crippen molar-refractivity contribution in [3.8, 4) is 0 Å². The number of alkyl halides is 2. The van der Waals surface area contributed by atoms with Gasteiger partial charge in [0, 0.05) is 20.5 Å². The summed E-state index contributed by atoms with van der Waals surface area (Å²) in [6.45, 7) is -0.881. The molecule has 1 aliphatic heterocycles. The largest absolute Gasteiger partial charge is 0.480 e. The normalized spacial score (nSPS) is 19.6. The molecule has 174 valence electrons. The Bertz CT molecular complexity index is 1090. The van der Waals surface area contributed by atoms with E-state index >= 15 is 0 Å². The number of imidazole rings is 1. The van der Waals surface area contributed by atoms with Gasteiger partial charge >= 0.3 is 11.7 Å². The maximum absolute atomic E-state index is 14.8. The van der Waals surface area contributed by atoms with Gasteiger partial charge in [-0.05, 0) is 37.1 Å². The highest BCUT2D eigenvalue weighted by Crippen LogP contribution is 2.41. The Kier molecular flexibility index (Phi) is 6.77. The minimum absolute atomic E-state index is 0.0575. The molecular weight excluding hydrogens is 426 g/mol. The van der Waals surface area contributed by atoms with Gasteiger partial charge < -0.3 is 15.2 Å². The zero-order valence-corrected chi connectivity index (χ0v) is 17.9. The summed E-state index contributed by atoms with van der Waals surface area (Å²) in [6, 6.07) is 3.72. The van der Waals surface area contributed by atoms with Crippen molar-refractivity contribution in [2.75, 3.05) is 26.7 Å². The van der Waals surface area contributed by atoms with E-state index in [1.54, 1.807) is 6.07 Å². The summed E-state index contributed by atoms with van der Waals surface area (Å²) in [7, 11) is 2.98. The molecule has 2 aromatic rings. The van der Waals surface area contributed by atoms with E-state index in [4.69, 9.17) is 5.11 Å². The molecule has 1 amide bonds. The fraction of sp³-hybridized carbons (Fsp3) is 0.524. The fourth-order valence-corrected chi connectivity index (χ4v) is 4.33. The molecule has 2 unspecified atom stereocenters. The van der Waals surface area contributed by atoms with Gasteiger partial charge in [0.05, 0.1) is 36.1 Å². The van der Waals surface area contributed by atoms with Gasteiger partial charge in [-0.3, -0.25) is 23.6 Å². The monoisotopic (exact) mass is 452 g/mol. The molecule has 1 aromatic heterocycles. The molecule has 0 aliphatic carbocycles. The Morgan fingerprint density at radius 2 is 2.06 bits per heavy atom. The second-order valence-corrected chi connectivity index (χ2v) is 8.08. The molecule has 2 atom stereocenters. The van der Waals surface area contributed by atoms with E-state index in [1.807, 2.05) is 0 Å². The average molecular weight is 452 g/mol. The van der Waals surface area contributed by atoms with Gasteiger partial charge in [-0.15, -0.1) is 0 Å². The lowest BCUT2D eigenvalue weighted by molar-refractivity contribution is -0.142. The van der Waals surface area contributed by atoms with Crippen molar-refractivity contribution < 1.29 is 28.3 Å². The number of aryl methyl sites for hydroxylation is 1. The Labute approximate surface area is 182 Å². The van der Waals surface area contributed by atoms with Crippen molar-refractivity contribution in [2.45, 2.75) is 37.1 Å². The lowest BCUT2D eigenvalue weighted by atomic mass is 9.86. The number of benzene rings is 1. The van der Waals surface area contributed by atoms with Crippen LogP contribution in [-0.4, -0.2) is 69.9 Å². The number of carboxylic acid groups (broad SMARTS) is 1. The van der Waals surface area contributed by atoms with Crippen LogP contribution in [0.15, 0.2) is 23.0 Å². The predicted molar refractivity (Wildman–Crippen MR) is 112 cm³/mol. The van der Waals surface area contributed by atoms with Gasteiger partial charge in [0.2, 0.25) is 5.91 Å². The summed E-state index contributed by atoms with van der Waals surface area (Å²) >= 11 is 0. The number of amides is 1. The van der Waals surface area contributed by atoms with Crippen LogP contribution in [0.3, 0.4) is 0 Å². The minimum atomic E-state index is -3.14. The summed E-state index contributed by atoms with van der Waals surface area (Å²) in [4.78, 5) is 48.1. The molecule has 32 heavy (non-hydrogen) atoms. The summed E-state index contributed by atoms with van der Waals surface area (Å²) in [6.07, 6.45) is 0.861. The maximum atomic E-state index is 14.8. The second kappa shape index (κ2) is 9.19. The van der Waals surface area contributed by atoms with Gasteiger partial charge in [-0.1, -0.05) is 6.07 Å². The van der Waals surface area contributed by atoms with Crippen LogP contribution in [0.5, 0.6) is 0 Å². The summed E-state index contributed by atoms with van der Waals surface area (Å²) in [5, 5.41) is 11.3. The van der Waals surface area contributed by atoms with Crippen molar-refractivity contribution in [1.82, 2.24) is 19.4 Å². The van der Waals surface area contributed by atoms with Crippen molar-refractivity contribution >= 4 is 29.2 Å². The molecule has 0 bridgehead atoms. The third-order valence-electron chi connectivity index (χ3n) is 5.99. The number of carbonyl (C=O) groups is 3. The van der Waals surface area contributed by atoms with Gasteiger partial charge in [0.1, 0.15) is 6.29 Å². The molecule has 3 rings (SSSR count). The van der Waals surface area contributed by atoms with Crippen molar-refractivity contribution in [2.24, 2.45) is 7.05 Å². The maximum Gasteiger partial charge on any atom is 0.329 e. The molecule has 11 heteroatoms. The van der Waals surface area contributed by atoms with E-state index < -0.39 is 42.6 Å². The van der Waals surface area contributed by atoms with Crippen molar-refractivity contribution in [1.29, 1.82) is 0 Å². The first kappa shape index (κ1) is 23.6. The van der Waals surface area contributed by atoms with Gasteiger partial charge in [0.25, 0.3) is 5.92 Å². The standard InChI is InChI=1S/C21H26F2N4O5/c1-24-18(29)6-4-14(11-28)27-16-5-3-13(9-17(16)25(2)20(27)32)15-7-8-26(10-19(30)31)12-21(15,22)23/h3,5,9,11,14-15H,4,6-8,10,12H2,1-2H3,(H,24,29)(H,30,31). The first-order chi connectivity index (χ1) is 15.1. The number of piperidine rings is 1. The Morgan fingerprint density at radius 1 is 1.34 bits per heavy atom. The lowest BCUT2D eigenvalue weighted by Gasteiger charge is -2.37. The molecule has 0 saturated carbocycles. The zero-order chi connectivity index (χ0) is 23.6. The Morgan fingerprint density at radius 3 is 2.66 bits per heavy atom. The predicted octanol–water partition coefficient (Wildman–Crippen LogP) is 1.12. The fourth-order valence-electron chi connectivity index (χ4n) is 4.33. The summed E-state index contributed by atoms with van der Waals surface area (Å²) in [5.74, 6) is -5.67. The number of hydrogen-bond donors (Lipinski definition) is 2. The van der Waals surface area contributed by atoms with Gasteiger partial charge in [0.15, 0.2) is 0 Å². The van der Waals surface area contributed by atoms with E-state index in [1.165, 1.54) is 40.3 Å². The second-order valence-electron chi connectivity index (χ2n) is 8.08. The number of likely N-dealkylation sites (tertiary alicyclic amines) is 1. The number of aldehydes is 1. The summed E-state index contributed by atoms with van der Waals surface area (Å²) in [5.41, 5.74) is 0.692. The SMILES string of the molecule is CNC(=O)CCC(C=O)n1c(=O)n(C)c2cc(C3CCN(CC(=O)O)CC3(F)F)ccc21. The molecule has 0 spiro atoms. The van der Waals surface area contributed by atoms with Crippen LogP contribution in [0.25, 0.3) is 11.0 Å². The number of nitrogens with one attached hydrogen (secondary N) is 1.